The monoisotopic (exact) mass is 311 g/mol. The van der Waals surface area contributed by atoms with Crippen LogP contribution in [0.15, 0.2) is 23.0 Å². The third-order valence-electron chi connectivity index (χ3n) is 3.57. The van der Waals surface area contributed by atoms with Crippen molar-refractivity contribution >= 4 is 23.1 Å². The summed E-state index contributed by atoms with van der Waals surface area (Å²) in [4.78, 5) is 39.5. The van der Waals surface area contributed by atoms with Crippen molar-refractivity contribution in [3.8, 4) is 11.8 Å². The fourth-order valence-electron chi connectivity index (χ4n) is 2.56. The van der Waals surface area contributed by atoms with Crippen molar-refractivity contribution in [2.45, 2.75) is 32.7 Å². The third-order valence-corrected chi connectivity index (χ3v) is 3.57. The minimum absolute atomic E-state index is 0.138. The highest BCUT2D eigenvalue weighted by Crippen LogP contribution is 2.18. The maximum Gasteiger partial charge on any atom is 0.262 e. The van der Waals surface area contributed by atoms with E-state index in [-0.39, 0.29) is 18.4 Å². The second kappa shape index (κ2) is 6.88. The van der Waals surface area contributed by atoms with E-state index in [0.29, 0.717) is 28.6 Å². The molecule has 1 aromatic carbocycles. The third kappa shape index (κ3) is 3.14. The van der Waals surface area contributed by atoms with Crippen LogP contribution in [0.1, 0.15) is 37.2 Å². The van der Waals surface area contributed by atoms with Crippen LogP contribution in [-0.2, 0) is 9.59 Å². The SMILES string of the molecule is CC#Cc1cccc2c(=O)n(C(CCC=O)C(N)=O)c(C)nc12. The molecular formula is C17H17N3O3. The molecule has 118 valence electrons. The van der Waals surface area contributed by atoms with Crippen molar-refractivity contribution in [3.63, 3.8) is 0 Å². The summed E-state index contributed by atoms with van der Waals surface area (Å²) in [6, 6.07) is 4.24. The number of carbonyl (C=O) groups is 2. The predicted molar refractivity (Wildman–Crippen MR) is 86.8 cm³/mol. The number of rotatable bonds is 5. The number of nitrogens with two attached hydrogens (primary N) is 1. The second-order valence-electron chi connectivity index (χ2n) is 5.07. The van der Waals surface area contributed by atoms with E-state index in [2.05, 4.69) is 16.8 Å². The molecule has 0 saturated carbocycles. The van der Waals surface area contributed by atoms with E-state index >= 15 is 0 Å². The zero-order valence-corrected chi connectivity index (χ0v) is 13.0. The Kier molecular flexibility index (Phi) is 4.91. The number of aryl methyl sites for hydroxylation is 1. The van der Waals surface area contributed by atoms with Crippen molar-refractivity contribution in [2.24, 2.45) is 5.73 Å². The largest absolute Gasteiger partial charge is 0.368 e. The second-order valence-corrected chi connectivity index (χ2v) is 5.07. The van der Waals surface area contributed by atoms with Crippen LogP contribution in [0, 0.1) is 18.8 Å². The van der Waals surface area contributed by atoms with Crippen LogP contribution in [0.3, 0.4) is 0 Å². The van der Waals surface area contributed by atoms with E-state index in [1.54, 1.807) is 32.0 Å². The summed E-state index contributed by atoms with van der Waals surface area (Å²) >= 11 is 0. The van der Waals surface area contributed by atoms with Gasteiger partial charge in [-0.2, -0.15) is 0 Å². The first-order chi connectivity index (χ1) is 11.0. The molecule has 0 aliphatic carbocycles. The number of aromatic nitrogens is 2. The Bertz CT molecular complexity index is 888. The lowest BCUT2D eigenvalue weighted by Gasteiger charge is -2.18. The van der Waals surface area contributed by atoms with Gasteiger partial charge >= 0.3 is 0 Å². The van der Waals surface area contributed by atoms with Crippen molar-refractivity contribution in [1.82, 2.24) is 9.55 Å². The number of fused-ring (bicyclic) bond motifs is 1. The molecule has 1 heterocycles. The van der Waals surface area contributed by atoms with Gasteiger partial charge in [0.2, 0.25) is 5.91 Å². The van der Waals surface area contributed by atoms with E-state index in [1.165, 1.54) is 4.57 Å². The minimum Gasteiger partial charge on any atom is -0.368 e. The van der Waals surface area contributed by atoms with Crippen LogP contribution in [0.2, 0.25) is 0 Å². The molecule has 2 N–H and O–H groups in total. The Morgan fingerprint density at radius 3 is 2.83 bits per heavy atom. The first-order valence-corrected chi connectivity index (χ1v) is 7.18. The highest BCUT2D eigenvalue weighted by molar-refractivity contribution is 5.85. The van der Waals surface area contributed by atoms with Gasteiger partial charge in [-0.3, -0.25) is 14.2 Å². The summed E-state index contributed by atoms with van der Waals surface area (Å²) < 4.78 is 1.26. The zero-order valence-electron chi connectivity index (χ0n) is 13.0. The molecule has 2 aromatic rings. The Labute approximate surface area is 133 Å². The molecule has 0 bridgehead atoms. The molecule has 0 aliphatic rings. The molecular weight excluding hydrogens is 294 g/mol. The van der Waals surface area contributed by atoms with E-state index in [4.69, 9.17) is 5.73 Å². The molecule has 0 spiro atoms. The average Bonchev–Trinajstić information content (AvgIpc) is 2.51. The van der Waals surface area contributed by atoms with Gasteiger partial charge in [-0.05, 0) is 32.4 Å². The fraction of sp³-hybridized carbons (Fsp3) is 0.294. The molecule has 1 aromatic heterocycles. The van der Waals surface area contributed by atoms with Gasteiger partial charge in [-0.15, -0.1) is 5.92 Å². The molecule has 6 heteroatoms. The van der Waals surface area contributed by atoms with Crippen LogP contribution in [-0.4, -0.2) is 21.7 Å². The van der Waals surface area contributed by atoms with Gasteiger partial charge < -0.3 is 10.5 Å². The van der Waals surface area contributed by atoms with E-state index in [0.717, 1.165) is 0 Å². The first-order valence-electron chi connectivity index (χ1n) is 7.18. The van der Waals surface area contributed by atoms with Crippen LogP contribution in [0.4, 0.5) is 0 Å². The summed E-state index contributed by atoms with van der Waals surface area (Å²) in [7, 11) is 0. The van der Waals surface area contributed by atoms with Crippen molar-refractivity contribution in [3.05, 3.63) is 39.9 Å². The molecule has 2 rings (SSSR count). The maximum absolute atomic E-state index is 12.8. The minimum atomic E-state index is -0.898. The number of amides is 1. The summed E-state index contributed by atoms with van der Waals surface area (Å²) in [6.45, 7) is 3.34. The zero-order chi connectivity index (χ0) is 17.0. The Morgan fingerprint density at radius 1 is 1.48 bits per heavy atom. The molecule has 1 atom stereocenters. The number of nitrogens with zero attached hydrogens (tertiary/aromatic N) is 2. The van der Waals surface area contributed by atoms with Crippen molar-refractivity contribution in [1.29, 1.82) is 0 Å². The lowest BCUT2D eigenvalue weighted by Crippen LogP contribution is -2.36. The van der Waals surface area contributed by atoms with Crippen LogP contribution in [0.25, 0.3) is 10.9 Å². The lowest BCUT2D eigenvalue weighted by atomic mass is 10.1. The van der Waals surface area contributed by atoms with E-state index in [9.17, 15) is 14.4 Å². The van der Waals surface area contributed by atoms with Gasteiger partial charge in [0.1, 0.15) is 18.2 Å². The van der Waals surface area contributed by atoms with Crippen LogP contribution in [0.5, 0.6) is 0 Å². The van der Waals surface area contributed by atoms with Gasteiger partial charge in [0.25, 0.3) is 5.56 Å². The molecule has 0 fully saturated rings. The Morgan fingerprint density at radius 2 is 2.22 bits per heavy atom. The number of carbonyl (C=O) groups excluding carboxylic acids is 2. The molecule has 23 heavy (non-hydrogen) atoms. The summed E-state index contributed by atoms with van der Waals surface area (Å²) in [6.07, 6.45) is 1.000. The number of hydrogen-bond donors (Lipinski definition) is 1. The van der Waals surface area contributed by atoms with Gasteiger partial charge in [0.15, 0.2) is 0 Å². The van der Waals surface area contributed by atoms with Gasteiger partial charge in [-0.25, -0.2) is 4.98 Å². The standard InChI is InChI=1S/C17H17N3O3/c1-3-6-12-7-4-8-13-15(12)19-11(2)20(17(13)23)14(16(18)22)9-5-10-21/h4,7-8,10,14H,5,9H2,1-2H3,(H2,18,22). The number of benzene rings is 1. The summed E-state index contributed by atoms with van der Waals surface area (Å²) in [5.74, 6) is 5.40. The summed E-state index contributed by atoms with van der Waals surface area (Å²) in [5.41, 5.74) is 6.20. The van der Waals surface area contributed by atoms with Crippen molar-refractivity contribution in [2.75, 3.05) is 0 Å². The Hall–Kier alpha value is -2.94. The molecule has 1 unspecified atom stereocenters. The topological polar surface area (TPSA) is 95.0 Å². The van der Waals surface area contributed by atoms with Gasteiger partial charge in [0.05, 0.1) is 16.5 Å². The average molecular weight is 311 g/mol. The lowest BCUT2D eigenvalue weighted by molar-refractivity contribution is -0.121. The molecule has 6 nitrogen and oxygen atoms in total. The highest BCUT2D eigenvalue weighted by Gasteiger charge is 2.22. The highest BCUT2D eigenvalue weighted by atomic mass is 16.2. The van der Waals surface area contributed by atoms with E-state index in [1.807, 2.05) is 0 Å². The fourth-order valence-corrected chi connectivity index (χ4v) is 2.56. The molecule has 0 saturated heterocycles. The van der Waals surface area contributed by atoms with E-state index < -0.39 is 11.9 Å². The maximum atomic E-state index is 12.8. The summed E-state index contributed by atoms with van der Waals surface area (Å²) in [5, 5.41) is 0.369. The number of hydrogen-bond acceptors (Lipinski definition) is 4. The quantitative estimate of drug-likeness (QED) is 0.660. The first kappa shape index (κ1) is 16.4. The van der Waals surface area contributed by atoms with Crippen LogP contribution >= 0.6 is 0 Å². The smallest absolute Gasteiger partial charge is 0.262 e. The van der Waals surface area contributed by atoms with Gasteiger partial charge in [0, 0.05) is 6.42 Å². The molecule has 1 amide bonds. The normalized spacial score (nSPS) is 11.6. The van der Waals surface area contributed by atoms with Crippen molar-refractivity contribution < 1.29 is 9.59 Å². The number of primary amides is 1. The molecule has 0 radical (unpaired) electrons. The Balaban J connectivity index is 2.75. The van der Waals surface area contributed by atoms with Crippen LogP contribution < -0.4 is 11.3 Å². The molecule has 0 aliphatic heterocycles. The number of para-hydroxylation sites is 1. The number of aldehydes is 1. The van der Waals surface area contributed by atoms with Gasteiger partial charge in [-0.1, -0.05) is 12.0 Å². The predicted octanol–water partition coefficient (Wildman–Crippen LogP) is 1.08.